The van der Waals surface area contributed by atoms with Gasteiger partial charge in [0.05, 0.1) is 12.7 Å². The number of benzene rings is 2. The van der Waals surface area contributed by atoms with Crippen molar-refractivity contribution in [3.63, 3.8) is 0 Å². The molecule has 1 N–H and O–H groups in total. The lowest BCUT2D eigenvalue weighted by Crippen LogP contribution is -2.25. The van der Waals surface area contributed by atoms with Crippen LogP contribution in [0.15, 0.2) is 54.7 Å². The summed E-state index contributed by atoms with van der Waals surface area (Å²) < 4.78 is 5.23. The minimum Gasteiger partial charge on any atom is -0.497 e. The van der Waals surface area contributed by atoms with Gasteiger partial charge in [0.25, 0.3) is 5.91 Å². The summed E-state index contributed by atoms with van der Waals surface area (Å²) in [4.78, 5) is 17.4. The first-order valence-electron chi connectivity index (χ1n) is 6.69. The van der Waals surface area contributed by atoms with Gasteiger partial charge in [0.1, 0.15) is 5.75 Å². The molecule has 0 bridgehead atoms. The van der Waals surface area contributed by atoms with Crippen LogP contribution in [0.5, 0.6) is 5.75 Å². The van der Waals surface area contributed by atoms with Crippen LogP contribution in [0.2, 0.25) is 0 Å². The Morgan fingerprint density at radius 2 is 1.90 bits per heavy atom. The Bertz CT molecular complexity index is 778. The highest BCUT2D eigenvalue weighted by atomic mass is 16.5. The first-order chi connectivity index (χ1) is 10.2. The third kappa shape index (κ3) is 2.36. The maximum atomic E-state index is 12.7. The minimum absolute atomic E-state index is 0.0549. The second-order valence-electron chi connectivity index (χ2n) is 4.81. The summed E-state index contributed by atoms with van der Waals surface area (Å²) in [5.41, 5.74) is 2.41. The molecule has 1 aromatic heterocycles. The normalized spacial score (nSPS) is 10.6. The zero-order valence-corrected chi connectivity index (χ0v) is 12.0. The predicted molar refractivity (Wildman–Crippen MR) is 84.0 cm³/mol. The Morgan fingerprint density at radius 3 is 2.62 bits per heavy atom. The van der Waals surface area contributed by atoms with Crippen LogP contribution >= 0.6 is 0 Å². The van der Waals surface area contributed by atoms with Crippen molar-refractivity contribution >= 4 is 22.5 Å². The van der Waals surface area contributed by atoms with E-state index in [0.717, 1.165) is 22.3 Å². The van der Waals surface area contributed by atoms with E-state index in [0.29, 0.717) is 5.56 Å². The zero-order valence-electron chi connectivity index (χ0n) is 12.0. The Hall–Kier alpha value is -2.75. The largest absolute Gasteiger partial charge is 0.497 e. The van der Waals surface area contributed by atoms with E-state index >= 15 is 0 Å². The number of carbonyl (C=O) groups is 1. The molecule has 0 aliphatic carbocycles. The van der Waals surface area contributed by atoms with Gasteiger partial charge in [0.2, 0.25) is 0 Å². The molecule has 2 aromatic carbocycles. The van der Waals surface area contributed by atoms with E-state index in [1.165, 1.54) is 0 Å². The molecule has 3 aromatic rings. The van der Waals surface area contributed by atoms with Crippen molar-refractivity contribution in [1.82, 2.24) is 4.98 Å². The van der Waals surface area contributed by atoms with E-state index in [1.807, 2.05) is 48.5 Å². The minimum atomic E-state index is -0.0549. The molecule has 0 saturated carbocycles. The number of aromatic nitrogens is 1. The van der Waals surface area contributed by atoms with E-state index < -0.39 is 0 Å². The molecule has 0 spiro atoms. The molecule has 1 heterocycles. The molecule has 0 aliphatic heterocycles. The number of rotatable bonds is 3. The fourth-order valence-electron chi connectivity index (χ4n) is 2.35. The Morgan fingerprint density at radius 1 is 1.14 bits per heavy atom. The first-order valence-corrected chi connectivity index (χ1v) is 6.69. The monoisotopic (exact) mass is 280 g/mol. The molecule has 3 rings (SSSR count). The second kappa shape index (κ2) is 5.32. The van der Waals surface area contributed by atoms with Crippen LogP contribution in [0, 0.1) is 0 Å². The Labute approximate surface area is 123 Å². The maximum Gasteiger partial charge on any atom is 0.260 e. The molecule has 4 nitrogen and oxygen atoms in total. The van der Waals surface area contributed by atoms with E-state index in [9.17, 15) is 4.79 Å². The van der Waals surface area contributed by atoms with Crippen molar-refractivity contribution in [2.45, 2.75) is 0 Å². The van der Waals surface area contributed by atoms with Gasteiger partial charge in [-0.25, -0.2) is 0 Å². The van der Waals surface area contributed by atoms with Gasteiger partial charge in [0, 0.05) is 29.8 Å². The molecule has 21 heavy (non-hydrogen) atoms. The maximum absolute atomic E-state index is 12.7. The number of carbonyl (C=O) groups excluding carboxylic acids is 1. The molecular weight excluding hydrogens is 264 g/mol. The highest BCUT2D eigenvalue weighted by molar-refractivity contribution is 6.13. The van der Waals surface area contributed by atoms with Crippen molar-refractivity contribution in [2.24, 2.45) is 0 Å². The number of amides is 1. The number of anilines is 1. The summed E-state index contributed by atoms with van der Waals surface area (Å²) in [6, 6.07) is 15.2. The van der Waals surface area contributed by atoms with Crippen molar-refractivity contribution in [3.8, 4) is 5.75 Å². The predicted octanol–water partition coefficient (Wildman–Crippen LogP) is 3.45. The van der Waals surface area contributed by atoms with Crippen LogP contribution in [0.1, 0.15) is 10.4 Å². The zero-order chi connectivity index (χ0) is 14.8. The van der Waals surface area contributed by atoms with Crippen molar-refractivity contribution in [3.05, 3.63) is 60.3 Å². The fourth-order valence-corrected chi connectivity index (χ4v) is 2.35. The smallest absolute Gasteiger partial charge is 0.260 e. The number of hydrogen-bond acceptors (Lipinski definition) is 2. The number of para-hydroxylation sites is 1. The quantitative estimate of drug-likeness (QED) is 0.798. The second-order valence-corrected chi connectivity index (χ2v) is 4.81. The first kappa shape index (κ1) is 13.2. The lowest BCUT2D eigenvalue weighted by Gasteiger charge is -2.16. The van der Waals surface area contributed by atoms with E-state index in [4.69, 9.17) is 4.74 Å². The van der Waals surface area contributed by atoms with Crippen LogP contribution in [0.3, 0.4) is 0 Å². The lowest BCUT2D eigenvalue weighted by molar-refractivity contribution is 0.0994. The molecule has 106 valence electrons. The summed E-state index contributed by atoms with van der Waals surface area (Å²) in [7, 11) is 3.39. The summed E-state index contributed by atoms with van der Waals surface area (Å²) in [6.07, 6.45) is 1.74. The molecule has 4 heteroatoms. The van der Waals surface area contributed by atoms with Gasteiger partial charge in [-0.15, -0.1) is 0 Å². The molecule has 0 radical (unpaired) electrons. The van der Waals surface area contributed by atoms with Gasteiger partial charge >= 0.3 is 0 Å². The van der Waals surface area contributed by atoms with Crippen molar-refractivity contribution in [1.29, 1.82) is 0 Å². The molecular formula is C17H16N2O2. The molecule has 0 fully saturated rings. The third-order valence-corrected chi connectivity index (χ3v) is 3.57. The number of aromatic amines is 1. The van der Waals surface area contributed by atoms with Crippen LogP contribution in [-0.4, -0.2) is 25.0 Å². The van der Waals surface area contributed by atoms with Crippen molar-refractivity contribution < 1.29 is 9.53 Å². The van der Waals surface area contributed by atoms with Crippen LogP contribution < -0.4 is 9.64 Å². The summed E-state index contributed by atoms with van der Waals surface area (Å²) in [5.74, 6) is 0.680. The Balaban J connectivity index is 2.01. The number of fused-ring (bicyclic) bond motifs is 1. The average molecular weight is 280 g/mol. The summed E-state index contributed by atoms with van der Waals surface area (Å²) >= 11 is 0. The highest BCUT2D eigenvalue weighted by Crippen LogP contribution is 2.25. The van der Waals surface area contributed by atoms with Gasteiger partial charge < -0.3 is 14.6 Å². The molecule has 1 amide bonds. The van der Waals surface area contributed by atoms with E-state index in [1.54, 1.807) is 25.3 Å². The Kier molecular flexibility index (Phi) is 3.36. The third-order valence-electron chi connectivity index (χ3n) is 3.57. The highest BCUT2D eigenvalue weighted by Gasteiger charge is 2.17. The number of ether oxygens (including phenoxy) is 1. The summed E-state index contributed by atoms with van der Waals surface area (Å²) in [5, 5.41) is 0.863. The summed E-state index contributed by atoms with van der Waals surface area (Å²) in [6.45, 7) is 0. The fraction of sp³-hybridized carbons (Fsp3) is 0.118. The van der Waals surface area contributed by atoms with Gasteiger partial charge in [0.15, 0.2) is 0 Å². The van der Waals surface area contributed by atoms with Gasteiger partial charge in [-0.2, -0.15) is 0 Å². The number of nitrogens with zero attached hydrogens (tertiary/aromatic N) is 1. The number of hydrogen-bond donors (Lipinski definition) is 1. The molecule has 0 atom stereocenters. The molecule has 0 aliphatic rings. The van der Waals surface area contributed by atoms with Crippen LogP contribution in [-0.2, 0) is 0 Å². The topological polar surface area (TPSA) is 45.3 Å². The van der Waals surface area contributed by atoms with Gasteiger partial charge in [-0.3, -0.25) is 4.79 Å². The van der Waals surface area contributed by atoms with Crippen LogP contribution in [0.4, 0.5) is 5.69 Å². The van der Waals surface area contributed by atoms with Gasteiger partial charge in [-0.05, 0) is 30.3 Å². The number of methoxy groups -OCH3 is 1. The van der Waals surface area contributed by atoms with E-state index in [2.05, 4.69) is 4.98 Å². The number of H-pyrrole nitrogens is 1. The number of nitrogens with one attached hydrogen (secondary N) is 1. The molecule has 0 unspecified atom stereocenters. The van der Waals surface area contributed by atoms with Crippen molar-refractivity contribution in [2.75, 3.05) is 19.1 Å². The molecule has 0 saturated heterocycles. The van der Waals surface area contributed by atoms with Crippen LogP contribution in [0.25, 0.3) is 10.9 Å². The SMILES string of the molecule is COc1ccc2[nH]cc(C(=O)N(C)c3ccccc3)c2c1. The average Bonchev–Trinajstić information content (AvgIpc) is 2.97. The lowest BCUT2D eigenvalue weighted by atomic mass is 10.1. The van der Waals surface area contributed by atoms with Gasteiger partial charge in [-0.1, -0.05) is 18.2 Å². The van der Waals surface area contributed by atoms with E-state index in [-0.39, 0.29) is 5.91 Å². The standard InChI is InChI=1S/C17H16N2O2/c1-19(12-6-4-3-5-7-12)17(20)15-11-18-16-9-8-13(21-2)10-14(15)16/h3-11,18H,1-2H3.